The number of nitrogens with zero attached hydrogens (tertiary/aromatic N) is 6. The molecule has 1 N–H and O–H groups in total. The van der Waals surface area contributed by atoms with Gasteiger partial charge in [-0.05, 0) is 51.7 Å². The van der Waals surface area contributed by atoms with Crippen LogP contribution in [0, 0.1) is 0 Å². The van der Waals surface area contributed by atoms with Crippen LogP contribution in [0.2, 0.25) is 5.02 Å². The van der Waals surface area contributed by atoms with E-state index in [1.807, 2.05) is 19.3 Å². The first-order valence-electron chi connectivity index (χ1n) is 12.4. The van der Waals surface area contributed by atoms with Gasteiger partial charge in [-0.15, -0.1) is 0 Å². The van der Waals surface area contributed by atoms with Gasteiger partial charge in [0.15, 0.2) is 11.6 Å². The molecule has 1 saturated heterocycles. The fraction of sp³-hybridized carbons (Fsp3) is 0.440. The Bertz CT molecular complexity index is 1320. The maximum Gasteiger partial charge on any atom is 0.329 e. The second-order valence-electron chi connectivity index (χ2n) is 9.60. The Labute approximate surface area is 231 Å². The minimum atomic E-state index is -0.730. The molecule has 1 atom stereocenters. The molecular weight excluding hydrogens is 530 g/mol. The van der Waals surface area contributed by atoms with Gasteiger partial charge in [-0.2, -0.15) is 5.10 Å². The van der Waals surface area contributed by atoms with Crippen LogP contribution in [0.4, 0.5) is 22.0 Å². The number of nitrogens with one attached hydrogen (secondary N) is 1. The number of aromatic nitrogens is 4. The third-order valence-electron chi connectivity index (χ3n) is 6.40. The third kappa shape index (κ3) is 5.53. The average molecular weight is 560 g/mol. The first-order chi connectivity index (χ1) is 18.3. The van der Waals surface area contributed by atoms with Crippen LogP contribution >= 0.6 is 24.5 Å². The molecule has 38 heavy (non-hydrogen) atoms. The minimum Gasteiger partial charge on any atom is -0.478 e. The highest BCUT2D eigenvalue weighted by Gasteiger charge is 2.46. The second-order valence-corrected chi connectivity index (χ2v) is 10.2. The van der Waals surface area contributed by atoms with Crippen LogP contribution in [0.3, 0.4) is 0 Å². The number of halogens is 1. The van der Waals surface area contributed by atoms with Crippen molar-refractivity contribution < 1.29 is 18.5 Å². The summed E-state index contributed by atoms with van der Waals surface area (Å²) >= 11 is 10.4. The van der Waals surface area contributed by atoms with Crippen molar-refractivity contribution in [2.24, 2.45) is 7.05 Å². The van der Waals surface area contributed by atoms with Crippen molar-refractivity contribution in [3.8, 4) is 17.1 Å². The van der Waals surface area contributed by atoms with Gasteiger partial charge in [0.1, 0.15) is 6.17 Å². The highest BCUT2D eigenvalue weighted by atomic mass is 35.5. The number of amides is 2. The van der Waals surface area contributed by atoms with E-state index in [1.165, 1.54) is 0 Å². The number of fused-ring (bicyclic) bond motifs is 3. The zero-order chi connectivity index (χ0) is 26.9. The van der Waals surface area contributed by atoms with E-state index in [9.17, 15) is 4.79 Å². The summed E-state index contributed by atoms with van der Waals surface area (Å²) in [6, 6.07) is 5.03. The minimum absolute atomic E-state index is 0.101. The Morgan fingerprint density at radius 2 is 2.11 bits per heavy atom. The summed E-state index contributed by atoms with van der Waals surface area (Å²) in [6.45, 7) is 5.43. The van der Waals surface area contributed by atoms with Gasteiger partial charge in [-0.1, -0.05) is 11.6 Å². The van der Waals surface area contributed by atoms with E-state index < -0.39 is 5.79 Å². The van der Waals surface area contributed by atoms with Crippen molar-refractivity contribution in [1.82, 2.24) is 19.7 Å². The first kappa shape index (κ1) is 26.5. The smallest absolute Gasteiger partial charge is 0.329 e. The molecule has 0 aromatic carbocycles. The number of urea groups is 1. The van der Waals surface area contributed by atoms with Gasteiger partial charge in [0.25, 0.3) is 0 Å². The van der Waals surface area contributed by atoms with Crippen molar-refractivity contribution in [2.45, 2.75) is 45.1 Å². The summed E-state index contributed by atoms with van der Waals surface area (Å²) in [5, 5.41) is 7.71. The van der Waals surface area contributed by atoms with Crippen LogP contribution in [0.1, 0.15) is 33.1 Å². The number of carbonyl (C=O) groups is 1. The van der Waals surface area contributed by atoms with Gasteiger partial charge >= 0.3 is 6.03 Å². The molecule has 3 aromatic heterocycles. The highest BCUT2D eigenvalue weighted by molar-refractivity contribution is 7.75. The van der Waals surface area contributed by atoms with Gasteiger partial charge in [0, 0.05) is 49.7 Å². The maximum absolute atomic E-state index is 13.5. The molecule has 1 fully saturated rings. The quantitative estimate of drug-likeness (QED) is 0.156. The first-order valence-corrected chi connectivity index (χ1v) is 13.1. The van der Waals surface area contributed by atoms with Crippen molar-refractivity contribution in [3.05, 3.63) is 41.8 Å². The predicted octanol–water partition coefficient (Wildman–Crippen LogP) is 4.89. The van der Waals surface area contributed by atoms with Crippen molar-refractivity contribution in [3.63, 3.8) is 0 Å². The Balaban J connectivity index is 1.23. The molecule has 13 heteroatoms. The summed E-state index contributed by atoms with van der Waals surface area (Å²) in [5.74, 6) is 0.276. The van der Waals surface area contributed by atoms with Gasteiger partial charge < -0.3 is 19.7 Å². The monoisotopic (exact) mass is 559 g/mol. The van der Waals surface area contributed by atoms with Crippen LogP contribution in [0.15, 0.2) is 36.8 Å². The normalized spacial score (nSPS) is 16.2. The molecule has 0 saturated carbocycles. The molecule has 3 aromatic rings. The summed E-state index contributed by atoms with van der Waals surface area (Å²) in [6.07, 6.45) is 7.46. The number of rotatable bonds is 10. The number of hydrogen-bond acceptors (Lipinski definition) is 9. The summed E-state index contributed by atoms with van der Waals surface area (Å²) in [5.41, 5.74) is 2.81. The highest BCUT2D eigenvalue weighted by Crippen LogP contribution is 2.47. The molecule has 0 radical (unpaired) electrons. The van der Waals surface area contributed by atoms with Gasteiger partial charge in [0.2, 0.25) is 5.88 Å². The molecule has 0 bridgehead atoms. The Kier molecular flexibility index (Phi) is 7.66. The summed E-state index contributed by atoms with van der Waals surface area (Å²) in [4.78, 5) is 26.3. The largest absolute Gasteiger partial charge is 0.478 e. The Morgan fingerprint density at radius 1 is 1.29 bits per heavy atom. The molecule has 0 unspecified atom stereocenters. The Hall–Kier alpha value is -3.06. The average Bonchev–Trinajstić information content (AvgIpc) is 3.38. The van der Waals surface area contributed by atoms with Crippen LogP contribution in [-0.2, 0) is 16.0 Å². The summed E-state index contributed by atoms with van der Waals surface area (Å²) in [7, 11) is 1.83. The molecule has 0 aliphatic carbocycles. The number of ether oxygens (including phenoxy) is 2. The van der Waals surface area contributed by atoms with E-state index >= 15 is 0 Å². The van der Waals surface area contributed by atoms with Crippen LogP contribution in [0.25, 0.3) is 11.3 Å². The molecule has 2 aliphatic heterocycles. The SMILES string of the molecule is Cn1cc(-c2nc3c(cc2Cl)N2CC[C@@H]2N3C(=O)Nc2ccnc(OCCCCOC(C)(C)OS)c2)cn1. The topological polar surface area (TPSA) is 107 Å². The lowest BCUT2D eigenvalue weighted by atomic mass is 10.1. The van der Waals surface area contributed by atoms with Crippen molar-refractivity contribution in [1.29, 1.82) is 0 Å². The molecule has 2 aliphatic rings. The van der Waals surface area contributed by atoms with E-state index in [0.717, 1.165) is 37.1 Å². The van der Waals surface area contributed by atoms with Crippen LogP contribution in [0.5, 0.6) is 5.88 Å². The lowest BCUT2D eigenvalue weighted by Gasteiger charge is -2.39. The lowest BCUT2D eigenvalue weighted by Crippen LogP contribution is -2.56. The van der Waals surface area contributed by atoms with E-state index in [-0.39, 0.29) is 12.2 Å². The van der Waals surface area contributed by atoms with Crippen molar-refractivity contribution in [2.75, 3.05) is 34.9 Å². The number of aryl methyl sites for hydroxylation is 1. The molecule has 11 nitrogen and oxygen atoms in total. The molecule has 202 valence electrons. The predicted molar refractivity (Wildman–Crippen MR) is 148 cm³/mol. The summed E-state index contributed by atoms with van der Waals surface area (Å²) < 4.78 is 18.0. The van der Waals surface area contributed by atoms with Crippen LogP contribution < -0.4 is 19.9 Å². The van der Waals surface area contributed by atoms with E-state index in [2.05, 4.69) is 33.2 Å². The lowest BCUT2D eigenvalue weighted by molar-refractivity contribution is -0.145. The fourth-order valence-electron chi connectivity index (χ4n) is 4.37. The number of hydrogen-bond donors (Lipinski definition) is 2. The molecular formula is C25H30ClN7O4S. The Morgan fingerprint density at radius 3 is 2.82 bits per heavy atom. The van der Waals surface area contributed by atoms with Crippen LogP contribution in [-0.4, -0.2) is 57.5 Å². The molecule has 5 heterocycles. The molecule has 2 amide bonds. The number of anilines is 3. The van der Waals surface area contributed by atoms with E-state index in [0.29, 0.717) is 41.3 Å². The van der Waals surface area contributed by atoms with Gasteiger partial charge in [-0.3, -0.25) is 13.8 Å². The van der Waals surface area contributed by atoms with Gasteiger partial charge in [-0.25, -0.2) is 14.8 Å². The molecule has 5 rings (SSSR count). The number of pyridine rings is 2. The van der Waals surface area contributed by atoms with E-state index in [4.69, 9.17) is 30.2 Å². The van der Waals surface area contributed by atoms with E-state index in [1.54, 1.807) is 48.0 Å². The van der Waals surface area contributed by atoms with Crippen molar-refractivity contribution >= 4 is 47.7 Å². The zero-order valence-electron chi connectivity index (χ0n) is 21.4. The number of thiol groups is 1. The van der Waals surface area contributed by atoms with Gasteiger partial charge in [0.05, 0.1) is 35.8 Å². The fourth-order valence-corrected chi connectivity index (χ4v) is 4.68. The number of unbranched alkanes of at least 4 members (excludes halogenated alkanes) is 1. The second kappa shape index (κ2) is 11.0. The maximum atomic E-state index is 13.5. The zero-order valence-corrected chi connectivity index (χ0v) is 23.1. The standard InChI is InChI=1S/C25H30ClN7O4S/c1-25(2,37-38)36-11-5-4-10-35-20-12-17(6-8-27-20)29-24(34)33-21-7-9-32(21)19-13-18(26)22(30-23(19)33)16-14-28-31(3)15-16/h6,8,12-15,21,38H,4-5,7,9-11H2,1-3H3,(H,27,29,34)/t21-/m0/s1. The molecule has 0 spiro atoms. The third-order valence-corrected chi connectivity index (χ3v) is 7.13. The number of carbonyl (C=O) groups excluding carboxylic acids is 1.